The number of benzene rings is 1. The minimum Gasteiger partial charge on any atom is -0.491 e. The van der Waals surface area contributed by atoms with Gasteiger partial charge in [0.05, 0.1) is 10.9 Å². The molecule has 1 aromatic heterocycles. The SMILES string of the molecule is Cc1nccc2c1CN(C)c1cc(OCC(N)CC(F)(F)F)c(Br)cc1-2. The molecule has 0 radical (unpaired) electrons. The molecule has 1 unspecified atom stereocenters. The summed E-state index contributed by atoms with van der Waals surface area (Å²) in [5.41, 5.74) is 10.7. The van der Waals surface area contributed by atoms with Crippen molar-refractivity contribution >= 4 is 21.6 Å². The minimum absolute atomic E-state index is 0.208. The molecule has 1 aliphatic heterocycles. The molecule has 0 saturated carbocycles. The van der Waals surface area contributed by atoms with Crippen molar-refractivity contribution in [3.8, 4) is 16.9 Å². The zero-order valence-electron chi connectivity index (χ0n) is 14.4. The van der Waals surface area contributed by atoms with E-state index in [1.54, 1.807) is 6.20 Å². The van der Waals surface area contributed by atoms with E-state index in [-0.39, 0.29) is 6.61 Å². The average Bonchev–Trinajstić information content (AvgIpc) is 2.53. The van der Waals surface area contributed by atoms with Crippen LogP contribution in [0.15, 0.2) is 28.9 Å². The van der Waals surface area contributed by atoms with Crippen LogP contribution < -0.4 is 15.4 Å². The van der Waals surface area contributed by atoms with Crippen LogP contribution in [0.5, 0.6) is 5.75 Å². The number of hydrogen-bond acceptors (Lipinski definition) is 4. The summed E-state index contributed by atoms with van der Waals surface area (Å²) in [7, 11) is 1.96. The smallest absolute Gasteiger partial charge is 0.390 e. The summed E-state index contributed by atoms with van der Waals surface area (Å²) in [6.07, 6.45) is -3.60. The molecule has 1 atom stereocenters. The van der Waals surface area contributed by atoms with Crippen LogP contribution in [0, 0.1) is 6.92 Å². The van der Waals surface area contributed by atoms with Gasteiger partial charge in [-0.2, -0.15) is 13.2 Å². The van der Waals surface area contributed by atoms with Crippen molar-refractivity contribution in [2.75, 3.05) is 18.6 Å². The number of aryl methyl sites for hydroxylation is 1. The predicted molar refractivity (Wildman–Crippen MR) is 98.4 cm³/mol. The monoisotopic (exact) mass is 429 g/mol. The van der Waals surface area contributed by atoms with E-state index in [2.05, 4.69) is 25.8 Å². The standard InChI is InChI=1S/C18H19BrF3N3O/c1-10-14-8-25(2)16-6-17(26-9-11(23)7-18(20,21)22)15(19)5-13(16)12(14)3-4-24-10/h3-6,11H,7-9,23H2,1-2H3. The number of hydrogen-bond donors (Lipinski definition) is 1. The predicted octanol–water partition coefficient (Wildman–Crippen LogP) is 4.43. The Bertz CT molecular complexity index is 826. The fraction of sp³-hybridized carbons (Fsp3) is 0.389. The summed E-state index contributed by atoms with van der Waals surface area (Å²) in [5, 5.41) is 0. The van der Waals surface area contributed by atoms with Crippen LogP contribution in [0.2, 0.25) is 0 Å². The van der Waals surface area contributed by atoms with Gasteiger partial charge in [-0.25, -0.2) is 0 Å². The quantitative estimate of drug-likeness (QED) is 0.780. The molecule has 1 aromatic carbocycles. The van der Waals surface area contributed by atoms with Gasteiger partial charge in [0.2, 0.25) is 0 Å². The number of anilines is 1. The Morgan fingerprint density at radius 3 is 2.77 bits per heavy atom. The number of nitrogens with zero attached hydrogens (tertiary/aromatic N) is 2. The Balaban J connectivity index is 1.87. The highest BCUT2D eigenvalue weighted by Gasteiger charge is 2.31. The van der Waals surface area contributed by atoms with Crippen LogP contribution >= 0.6 is 15.9 Å². The van der Waals surface area contributed by atoms with E-state index in [1.807, 2.05) is 32.2 Å². The van der Waals surface area contributed by atoms with Gasteiger partial charge in [-0.1, -0.05) is 0 Å². The second-order valence-electron chi connectivity index (χ2n) is 6.47. The Labute approximate surface area is 158 Å². The Morgan fingerprint density at radius 2 is 2.08 bits per heavy atom. The third-order valence-corrected chi connectivity index (χ3v) is 4.98. The maximum absolute atomic E-state index is 12.4. The summed E-state index contributed by atoms with van der Waals surface area (Å²) < 4.78 is 43.4. The number of nitrogens with two attached hydrogens (primary N) is 1. The zero-order chi connectivity index (χ0) is 19.1. The number of pyridine rings is 1. The number of alkyl halides is 3. The fourth-order valence-electron chi connectivity index (χ4n) is 3.11. The van der Waals surface area contributed by atoms with Crippen molar-refractivity contribution in [1.82, 2.24) is 4.98 Å². The minimum atomic E-state index is -4.30. The first kappa shape index (κ1) is 19.0. The van der Waals surface area contributed by atoms with Crippen molar-refractivity contribution in [2.45, 2.75) is 32.1 Å². The lowest BCUT2D eigenvalue weighted by atomic mass is 9.93. The summed E-state index contributed by atoms with van der Waals surface area (Å²) in [5.74, 6) is 0.474. The molecule has 8 heteroatoms. The largest absolute Gasteiger partial charge is 0.491 e. The third kappa shape index (κ3) is 3.96. The Hall–Kier alpha value is -1.80. The zero-order valence-corrected chi connectivity index (χ0v) is 16.0. The van der Waals surface area contributed by atoms with Crippen LogP contribution in [-0.4, -0.2) is 30.9 Å². The van der Waals surface area contributed by atoms with Gasteiger partial charge in [-0.3, -0.25) is 4.98 Å². The van der Waals surface area contributed by atoms with Crippen LogP contribution in [0.3, 0.4) is 0 Å². The molecule has 2 heterocycles. The van der Waals surface area contributed by atoms with Crippen molar-refractivity contribution < 1.29 is 17.9 Å². The highest BCUT2D eigenvalue weighted by atomic mass is 79.9. The van der Waals surface area contributed by atoms with Gasteiger partial charge in [-0.05, 0) is 40.5 Å². The molecule has 0 fully saturated rings. The second kappa shape index (κ2) is 7.08. The van der Waals surface area contributed by atoms with E-state index in [0.717, 1.165) is 28.1 Å². The molecule has 1 aliphatic rings. The molecule has 140 valence electrons. The molecule has 3 rings (SSSR count). The Kier molecular flexibility index (Phi) is 5.16. The molecule has 0 spiro atoms. The van der Waals surface area contributed by atoms with Crippen LogP contribution in [0.4, 0.5) is 18.9 Å². The number of halogens is 4. The second-order valence-corrected chi connectivity index (χ2v) is 7.32. The lowest BCUT2D eigenvalue weighted by molar-refractivity contribution is -0.139. The topological polar surface area (TPSA) is 51.4 Å². The molecule has 26 heavy (non-hydrogen) atoms. The summed E-state index contributed by atoms with van der Waals surface area (Å²) in [6.45, 7) is 2.48. The van der Waals surface area contributed by atoms with Crippen LogP contribution in [0.25, 0.3) is 11.1 Å². The summed E-state index contributed by atoms with van der Waals surface area (Å²) >= 11 is 3.46. The van der Waals surface area contributed by atoms with Crippen LogP contribution in [0.1, 0.15) is 17.7 Å². The van der Waals surface area contributed by atoms with E-state index in [1.165, 1.54) is 0 Å². The van der Waals surface area contributed by atoms with Gasteiger partial charge in [0.1, 0.15) is 12.4 Å². The highest BCUT2D eigenvalue weighted by Crippen LogP contribution is 2.44. The molecule has 2 N–H and O–H groups in total. The van der Waals surface area contributed by atoms with Gasteiger partial charge in [-0.15, -0.1) is 0 Å². The first-order valence-electron chi connectivity index (χ1n) is 8.10. The normalized spacial score (nSPS) is 14.7. The van der Waals surface area contributed by atoms with Gasteiger partial charge < -0.3 is 15.4 Å². The Morgan fingerprint density at radius 1 is 1.35 bits per heavy atom. The van der Waals surface area contributed by atoms with Gasteiger partial charge in [0.15, 0.2) is 0 Å². The van der Waals surface area contributed by atoms with E-state index in [4.69, 9.17) is 10.5 Å². The first-order valence-corrected chi connectivity index (χ1v) is 8.89. The number of ether oxygens (including phenoxy) is 1. The lowest BCUT2D eigenvalue weighted by Gasteiger charge is -2.31. The molecule has 0 bridgehead atoms. The van der Waals surface area contributed by atoms with E-state index in [9.17, 15) is 13.2 Å². The fourth-order valence-corrected chi connectivity index (χ4v) is 3.57. The third-order valence-electron chi connectivity index (χ3n) is 4.36. The maximum Gasteiger partial charge on any atom is 0.390 e. The first-order chi connectivity index (χ1) is 12.2. The van der Waals surface area contributed by atoms with Crippen LogP contribution in [-0.2, 0) is 6.54 Å². The molecular formula is C18H19BrF3N3O. The molecule has 0 saturated heterocycles. The van der Waals surface area contributed by atoms with E-state index < -0.39 is 18.6 Å². The summed E-state index contributed by atoms with van der Waals surface area (Å²) in [4.78, 5) is 6.42. The van der Waals surface area contributed by atoms with Crippen molar-refractivity contribution in [3.63, 3.8) is 0 Å². The number of rotatable bonds is 4. The maximum atomic E-state index is 12.4. The average molecular weight is 430 g/mol. The molecule has 0 amide bonds. The molecule has 0 aliphatic carbocycles. The lowest BCUT2D eigenvalue weighted by Crippen LogP contribution is -2.33. The van der Waals surface area contributed by atoms with Crippen molar-refractivity contribution in [1.29, 1.82) is 0 Å². The van der Waals surface area contributed by atoms with Gasteiger partial charge >= 0.3 is 6.18 Å². The molecular weight excluding hydrogens is 411 g/mol. The van der Waals surface area contributed by atoms with Gasteiger partial charge in [0, 0.05) is 54.4 Å². The number of aromatic nitrogens is 1. The molecule has 2 aromatic rings. The highest BCUT2D eigenvalue weighted by molar-refractivity contribution is 9.10. The van der Waals surface area contributed by atoms with Crippen molar-refractivity contribution in [3.05, 3.63) is 40.1 Å². The van der Waals surface area contributed by atoms with E-state index >= 15 is 0 Å². The summed E-state index contributed by atoms with van der Waals surface area (Å²) in [6, 6.07) is 4.62. The van der Waals surface area contributed by atoms with Gasteiger partial charge in [0.25, 0.3) is 0 Å². The number of fused-ring (bicyclic) bond motifs is 3. The molecule has 4 nitrogen and oxygen atoms in total. The van der Waals surface area contributed by atoms with Crippen molar-refractivity contribution in [2.24, 2.45) is 5.73 Å². The van der Waals surface area contributed by atoms with E-state index in [0.29, 0.717) is 16.8 Å².